The Hall–Kier alpha value is -1.65. The standard InChI is InChI=1S/C14H19F3N2O4S/c1-23-10-9-19(24(2,21)22)8-7-13(20)18-12-6-4-3-5-11(12)14(15,16)17/h3-6H,7-10H2,1-2H3,(H,18,20). The van der Waals surface area contributed by atoms with Gasteiger partial charge in [-0.05, 0) is 12.1 Å². The number of rotatable bonds is 8. The molecule has 136 valence electrons. The van der Waals surface area contributed by atoms with E-state index in [1.165, 1.54) is 19.2 Å². The molecular formula is C14H19F3N2O4S. The summed E-state index contributed by atoms with van der Waals surface area (Å²) in [4.78, 5) is 11.9. The van der Waals surface area contributed by atoms with Crippen molar-refractivity contribution in [2.75, 3.05) is 38.4 Å². The Morgan fingerprint density at radius 3 is 2.42 bits per heavy atom. The van der Waals surface area contributed by atoms with Crippen LogP contribution in [0, 0.1) is 0 Å². The van der Waals surface area contributed by atoms with Crippen molar-refractivity contribution in [3.8, 4) is 0 Å². The molecule has 0 saturated carbocycles. The zero-order chi connectivity index (χ0) is 18.4. The van der Waals surface area contributed by atoms with Crippen LogP contribution < -0.4 is 5.32 Å². The molecule has 0 aromatic heterocycles. The van der Waals surface area contributed by atoms with Crippen LogP contribution in [0.5, 0.6) is 0 Å². The van der Waals surface area contributed by atoms with Gasteiger partial charge in [-0.1, -0.05) is 12.1 Å². The number of amides is 1. The molecule has 0 aliphatic rings. The number of benzene rings is 1. The molecule has 0 spiro atoms. The fourth-order valence-corrected chi connectivity index (χ4v) is 2.74. The van der Waals surface area contributed by atoms with Crippen LogP contribution in [0.1, 0.15) is 12.0 Å². The third-order valence-corrected chi connectivity index (χ3v) is 4.41. The molecule has 1 aromatic rings. The van der Waals surface area contributed by atoms with Crippen LogP contribution in [0.2, 0.25) is 0 Å². The van der Waals surface area contributed by atoms with Gasteiger partial charge in [0.05, 0.1) is 24.1 Å². The summed E-state index contributed by atoms with van der Waals surface area (Å²) in [6, 6.07) is 4.58. The second kappa shape index (κ2) is 8.45. The minimum Gasteiger partial charge on any atom is -0.383 e. The van der Waals surface area contributed by atoms with Crippen LogP contribution in [0.25, 0.3) is 0 Å². The van der Waals surface area contributed by atoms with Crippen LogP contribution in [0.3, 0.4) is 0 Å². The van der Waals surface area contributed by atoms with E-state index in [-0.39, 0.29) is 31.8 Å². The maximum absolute atomic E-state index is 12.9. The number of halogens is 3. The summed E-state index contributed by atoms with van der Waals surface area (Å²) in [6.07, 6.45) is -3.89. The maximum atomic E-state index is 12.9. The van der Waals surface area contributed by atoms with E-state index in [1.807, 2.05) is 0 Å². The lowest BCUT2D eigenvalue weighted by molar-refractivity contribution is -0.137. The van der Waals surface area contributed by atoms with Crippen molar-refractivity contribution in [3.63, 3.8) is 0 Å². The first-order chi connectivity index (χ1) is 11.1. The maximum Gasteiger partial charge on any atom is 0.418 e. The molecule has 24 heavy (non-hydrogen) atoms. The number of alkyl halides is 3. The van der Waals surface area contributed by atoms with Crippen molar-refractivity contribution in [3.05, 3.63) is 29.8 Å². The van der Waals surface area contributed by atoms with E-state index in [0.717, 1.165) is 22.7 Å². The predicted molar refractivity (Wildman–Crippen MR) is 83.0 cm³/mol. The van der Waals surface area contributed by atoms with E-state index in [1.54, 1.807) is 0 Å². The summed E-state index contributed by atoms with van der Waals surface area (Å²) in [6.45, 7) is 0.0511. The van der Waals surface area contributed by atoms with Crippen LogP contribution in [-0.4, -0.2) is 51.7 Å². The molecular weight excluding hydrogens is 349 g/mol. The first-order valence-electron chi connectivity index (χ1n) is 6.96. The molecule has 0 aliphatic carbocycles. The number of anilines is 1. The van der Waals surface area contributed by atoms with Crippen molar-refractivity contribution in [1.82, 2.24) is 4.31 Å². The molecule has 10 heteroatoms. The van der Waals surface area contributed by atoms with Crippen molar-refractivity contribution in [2.24, 2.45) is 0 Å². The summed E-state index contributed by atoms with van der Waals surface area (Å²) >= 11 is 0. The molecule has 0 bridgehead atoms. The second-order valence-corrected chi connectivity index (χ2v) is 6.98. The molecule has 0 fully saturated rings. The Morgan fingerprint density at radius 2 is 1.88 bits per heavy atom. The number of carbonyl (C=O) groups excluding carboxylic acids is 1. The summed E-state index contributed by atoms with van der Waals surface area (Å²) in [5, 5.41) is 2.17. The minimum atomic E-state index is -4.60. The van der Waals surface area contributed by atoms with Gasteiger partial charge in [-0.3, -0.25) is 4.79 Å². The highest BCUT2D eigenvalue weighted by molar-refractivity contribution is 7.88. The largest absolute Gasteiger partial charge is 0.418 e. The van der Waals surface area contributed by atoms with Gasteiger partial charge >= 0.3 is 6.18 Å². The van der Waals surface area contributed by atoms with E-state index in [2.05, 4.69) is 5.32 Å². The fourth-order valence-electron chi connectivity index (χ4n) is 1.91. The van der Waals surface area contributed by atoms with E-state index < -0.39 is 27.7 Å². The third-order valence-electron chi connectivity index (χ3n) is 3.11. The lowest BCUT2D eigenvalue weighted by Crippen LogP contribution is -2.35. The smallest absolute Gasteiger partial charge is 0.383 e. The number of nitrogens with one attached hydrogen (secondary N) is 1. The number of sulfonamides is 1. The molecule has 0 aliphatic heterocycles. The van der Waals surface area contributed by atoms with E-state index in [0.29, 0.717) is 0 Å². The SMILES string of the molecule is COCCN(CCC(=O)Nc1ccccc1C(F)(F)F)S(C)(=O)=O. The number of carbonyl (C=O) groups is 1. The molecule has 1 N–H and O–H groups in total. The zero-order valence-corrected chi connectivity index (χ0v) is 14.1. The number of hydrogen-bond acceptors (Lipinski definition) is 4. The number of para-hydroxylation sites is 1. The summed E-state index contributed by atoms with van der Waals surface area (Å²) in [5.41, 5.74) is -1.32. The van der Waals surface area contributed by atoms with Crippen LogP contribution >= 0.6 is 0 Å². The number of methoxy groups -OCH3 is 1. The summed E-state index contributed by atoms with van der Waals surface area (Å²) in [7, 11) is -2.14. The van der Waals surface area contributed by atoms with Crippen LogP contribution in [-0.2, 0) is 25.7 Å². The van der Waals surface area contributed by atoms with Gasteiger partial charge in [0.2, 0.25) is 15.9 Å². The van der Waals surface area contributed by atoms with Gasteiger partial charge in [-0.25, -0.2) is 8.42 Å². The summed E-state index contributed by atoms with van der Waals surface area (Å²) < 4.78 is 67.6. The Bertz CT molecular complexity index is 662. The molecule has 0 atom stereocenters. The Morgan fingerprint density at radius 1 is 1.25 bits per heavy atom. The number of hydrogen-bond donors (Lipinski definition) is 1. The highest BCUT2D eigenvalue weighted by atomic mass is 32.2. The van der Waals surface area contributed by atoms with Gasteiger partial charge in [-0.2, -0.15) is 17.5 Å². The number of nitrogens with zero attached hydrogens (tertiary/aromatic N) is 1. The van der Waals surface area contributed by atoms with Gasteiger partial charge < -0.3 is 10.1 Å². The minimum absolute atomic E-state index is 0.0573. The zero-order valence-electron chi connectivity index (χ0n) is 13.3. The monoisotopic (exact) mass is 368 g/mol. The highest BCUT2D eigenvalue weighted by Gasteiger charge is 2.33. The first kappa shape index (κ1) is 20.4. The van der Waals surface area contributed by atoms with Crippen molar-refractivity contribution >= 4 is 21.6 Å². The quantitative estimate of drug-likeness (QED) is 0.761. The first-order valence-corrected chi connectivity index (χ1v) is 8.80. The molecule has 1 rings (SSSR count). The van der Waals surface area contributed by atoms with Gasteiger partial charge in [-0.15, -0.1) is 0 Å². The average molecular weight is 368 g/mol. The highest BCUT2D eigenvalue weighted by Crippen LogP contribution is 2.34. The van der Waals surface area contributed by atoms with E-state index in [4.69, 9.17) is 4.74 Å². The van der Waals surface area contributed by atoms with Gasteiger partial charge in [0, 0.05) is 26.6 Å². The molecule has 0 unspecified atom stereocenters. The van der Waals surface area contributed by atoms with Crippen molar-refractivity contribution < 1.29 is 31.1 Å². The van der Waals surface area contributed by atoms with Crippen molar-refractivity contribution in [1.29, 1.82) is 0 Å². The fraction of sp³-hybridized carbons (Fsp3) is 0.500. The topological polar surface area (TPSA) is 75.7 Å². The average Bonchev–Trinajstić information content (AvgIpc) is 2.45. The summed E-state index contributed by atoms with van der Waals surface area (Å²) in [5.74, 6) is -0.710. The predicted octanol–water partition coefficient (Wildman–Crippen LogP) is 1.94. The molecule has 0 saturated heterocycles. The molecule has 0 heterocycles. The Balaban J connectivity index is 2.73. The van der Waals surface area contributed by atoms with Crippen LogP contribution in [0.15, 0.2) is 24.3 Å². The van der Waals surface area contributed by atoms with E-state index in [9.17, 15) is 26.4 Å². The Labute approximate surface area is 138 Å². The molecule has 1 aromatic carbocycles. The van der Waals surface area contributed by atoms with Crippen LogP contribution in [0.4, 0.5) is 18.9 Å². The molecule has 1 amide bonds. The van der Waals surface area contributed by atoms with Crippen molar-refractivity contribution in [2.45, 2.75) is 12.6 Å². The van der Waals surface area contributed by atoms with Gasteiger partial charge in [0.25, 0.3) is 0 Å². The second-order valence-electron chi connectivity index (χ2n) is 5.00. The lowest BCUT2D eigenvalue weighted by Gasteiger charge is -2.19. The number of ether oxygens (including phenoxy) is 1. The van der Waals surface area contributed by atoms with E-state index >= 15 is 0 Å². The third kappa shape index (κ3) is 6.46. The van der Waals surface area contributed by atoms with Gasteiger partial charge in [0.15, 0.2) is 0 Å². The molecule has 0 radical (unpaired) electrons. The normalized spacial score (nSPS) is 12.4. The lowest BCUT2D eigenvalue weighted by atomic mass is 10.1. The Kier molecular flexibility index (Phi) is 7.18. The van der Waals surface area contributed by atoms with Gasteiger partial charge in [0.1, 0.15) is 0 Å². The molecule has 6 nitrogen and oxygen atoms in total.